The average molecular weight is 239 g/mol. The van der Waals surface area contributed by atoms with Crippen molar-refractivity contribution in [3.05, 3.63) is 0 Å². The molecule has 17 heavy (non-hydrogen) atoms. The molecule has 3 N–H and O–H groups in total. The summed E-state index contributed by atoms with van der Waals surface area (Å²) in [4.78, 5) is 0. The topological polar surface area (TPSA) is 36.1 Å². The molecule has 0 amide bonds. The standard InChI is InChI=1S/C14H29N3/c1-2-6-13(5-1)16-11-9-15-10-12-17-14-7-3-4-8-14/h13-17H,1-12H2. The van der Waals surface area contributed by atoms with Gasteiger partial charge in [0.05, 0.1) is 0 Å². The zero-order valence-corrected chi connectivity index (χ0v) is 11.1. The van der Waals surface area contributed by atoms with E-state index in [2.05, 4.69) is 16.0 Å². The summed E-state index contributed by atoms with van der Waals surface area (Å²) >= 11 is 0. The second kappa shape index (κ2) is 8.06. The Morgan fingerprint density at radius 1 is 0.588 bits per heavy atom. The fourth-order valence-corrected chi connectivity index (χ4v) is 3.11. The zero-order valence-electron chi connectivity index (χ0n) is 11.1. The Kier molecular flexibility index (Phi) is 6.32. The average Bonchev–Trinajstić information content (AvgIpc) is 3.00. The lowest BCUT2D eigenvalue weighted by molar-refractivity contribution is 0.486. The quantitative estimate of drug-likeness (QED) is 0.564. The van der Waals surface area contributed by atoms with Crippen LogP contribution in [0.4, 0.5) is 0 Å². The van der Waals surface area contributed by atoms with Crippen LogP contribution in [0.2, 0.25) is 0 Å². The Hall–Kier alpha value is -0.120. The Bertz CT molecular complexity index is 164. The van der Waals surface area contributed by atoms with Crippen molar-refractivity contribution in [2.45, 2.75) is 63.5 Å². The zero-order chi connectivity index (χ0) is 11.8. The molecular weight excluding hydrogens is 210 g/mol. The molecule has 2 saturated carbocycles. The maximum Gasteiger partial charge on any atom is 0.00793 e. The smallest absolute Gasteiger partial charge is 0.00793 e. The van der Waals surface area contributed by atoms with Gasteiger partial charge in [0.1, 0.15) is 0 Å². The van der Waals surface area contributed by atoms with Crippen molar-refractivity contribution >= 4 is 0 Å². The van der Waals surface area contributed by atoms with E-state index in [1.54, 1.807) is 0 Å². The van der Waals surface area contributed by atoms with Gasteiger partial charge in [-0.3, -0.25) is 0 Å². The second-order valence-electron chi connectivity index (χ2n) is 5.62. The molecule has 2 fully saturated rings. The molecule has 0 bridgehead atoms. The molecule has 0 aliphatic heterocycles. The van der Waals surface area contributed by atoms with Gasteiger partial charge < -0.3 is 16.0 Å². The Morgan fingerprint density at radius 2 is 1.00 bits per heavy atom. The summed E-state index contributed by atoms with van der Waals surface area (Å²) in [5, 5.41) is 10.8. The minimum absolute atomic E-state index is 0.813. The van der Waals surface area contributed by atoms with E-state index in [1.165, 1.54) is 51.4 Å². The van der Waals surface area contributed by atoms with Crippen LogP contribution in [0.3, 0.4) is 0 Å². The molecule has 0 radical (unpaired) electrons. The molecule has 0 saturated heterocycles. The van der Waals surface area contributed by atoms with Crippen LogP contribution in [0.5, 0.6) is 0 Å². The first-order valence-electron chi connectivity index (χ1n) is 7.62. The molecule has 0 unspecified atom stereocenters. The van der Waals surface area contributed by atoms with E-state index >= 15 is 0 Å². The van der Waals surface area contributed by atoms with E-state index in [0.29, 0.717) is 0 Å². The Morgan fingerprint density at radius 3 is 1.41 bits per heavy atom. The number of hydrogen-bond donors (Lipinski definition) is 3. The van der Waals surface area contributed by atoms with Crippen molar-refractivity contribution in [2.75, 3.05) is 26.2 Å². The van der Waals surface area contributed by atoms with E-state index in [1.807, 2.05) is 0 Å². The minimum Gasteiger partial charge on any atom is -0.314 e. The molecule has 2 aliphatic carbocycles. The molecule has 0 atom stereocenters. The van der Waals surface area contributed by atoms with Crippen molar-refractivity contribution in [1.82, 2.24) is 16.0 Å². The van der Waals surface area contributed by atoms with Gasteiger partial charge in [-0.1, -0.05) is 25.7 Å². The first-order valence-corrected chi connectivity index (χ1v) is 7.62. The van der Waals surface area contributed by atoms with Gasteiger partial charge in [-0.15, -0.1) is 0 Å². The Balaban J connectivity index is 1.33. The third kappa shape index (κ3) is 5.36. The Labute approximate surface area is 106 Å². The van der Waals surface area contributed by atoms with Crippen molar-refractivity contribution < 1.29 is 0 Å². The predicted octanol–water partition coefficient (Wildman–Crippen LogP) is 1.64. The maximum absolute atomic E-state index is 3.63. The van der Waals surface area contributed by atoms with E-state index < -0.39 is 0 Å². The highest BCUT2D eigenvalue weighted by Gasteiger charge is 2.14. The summed E-state index contributed by atoms with van der Waals surface area (Å²) in [6.07, 6.45) is 11.3. The van der Waals surface area contributed by atoms with E-state index in [4.69, 9.17) is 0 Å². The van der Waals surface area contributed by atoms with Crippen LogP contribution >= 0.6 is 0 Å². The molecule has 0 aromatic rings. The first kappa shape index (κ1) is 13.3. The molecule has 0 spiro atoms. The molecule has 3 nitrogen and oxygen atoms in total. The summed E-state index contributed by atoms with van der Waals surface area (Å²) < 4.78 is 0. The summed E-state index contributed by atoms with van der Waals surface area (Å²) in [7, 11) is 0. The highest BCUT2D eigenvalue weighted by molar-refractivity contribution is 4.75. The summed E-state index contributed by atoms with van der Waals surface area (Å²) in [5.74, 6) is 0. The van der Waals surface area contributed by atoms with Gasteiger partial charge in [0.25, 0.3) is 0 Å². The highest BCUT2D eigenvalue weighted by atomic mass is 15.0. The lowest BCUT2D eigenvalue weighted by Gasteiger charge is -2.14. The molecule has 3 heteroatoms. The lowest BCUT2D eigenvalue weighted by Crippen LogP contribution is -2.37. The van der Waals surface area contributed by atoms with Gasteiger partial charge in [0.2, 0.25) is 0 Å². The van der Waals surface area contributed by atoms with Gasteiger partial charge >= 0.3 is 0 Å². The molecule has 0 aromatic heterocycles. The molecule has 2 rings (SSSR count). The predicted molar refractivity (Wildman–Crippen MR) is 73.4 cm³/mol. The van der Waals surface area contributed by atoms with Crippen LogP contribution in [-0.2, 0) is 0 Å². The van der Waals surface area contributed by atoms with Crippen molar-refractivity contribution in [2.24, 2.45) is 0 Å². The monoisotopic (exact) mass is 239 g/mol. The summed E-state index contributed by atoms with van der Waals surface area (Å²) in [5.41, 5.74) is 0. The SMILES string of the molecule is C1CCC(NCCNCCNC2CCCC2)C1. The van der Waals surface area contributed by atoms with Gasteiger partial charge in [-0.2, -0.15) is 0 Å². The van der Waals surface area contributed by atoms with Crippen molar-refractivity contribution in [1.29, 1.82) is 0 Å². The van der Waals surface area contributed by atoms with Crippen LogP contribution in [-0.4, -0.2) is 38.3 Å². The maximum atomic E-state index is 3.63. The van der Waals surface area contributed by atoms with Gasteiger partial charge in [-0.05, 0) is 25.7 Å². The number of hydrogen-bond acceptors (Lipinski definition) is 3. The van der Waals surface area contributed by atoms with Crippen molar-refractivity contribution in [3.63, 3.8) is 0 Å². The fraction of sp³-hybridized carbons (Fsp3) is 1.00. The molecule has 0 heterocycles. The highest BCUT2D eigenvalue weighted by Crippen LogP contribution is 2.17. The number of nitrogens with one attached hydrogen (secondary N) is 3. The molecular formula is C14H29N3. The van der Waals surface area contributed by atoms with E-state index in [9.17, 15) is 0 Å². The molecule has 2 aliphatic rings. The van der Waals surface area contributed by atoms with Gasteiger partial charge in [0.15, 0.2) is 0 Å². The fourth-order valence-electron chi connectivity index (χ4n) is 3.11. The normalized spacial score (nSPS) is 22.6. The van der Waals surface area contributed by atoms with Crippen LogP contribution in [0, 0.1) is 0 Å². The largest absolute Gasteiger partial charge is 0.314 e. The minimum atomic E-state index is 0.813. The summed E-state index contributed by atoms with van der Waals surface area (Å²) in [6, 6.07) is 1.63. The van der Waals surface area contributed by atoms with E-state index in [0.717, 1.165) is 38.3 Å². The molecule has 0 aromatic carbocycles. The second-order valence-corrected chi connectivity index (χ2v) is 5.62. The lowest BCUT2D eigenvalue weighted by atomic mass is 10.2. The van der Waals surface area contributed by atoms with Gasteiger partial charge in [-0.25, -0.2) is 0 Å². The van der Waals surface area contributed by atoms with Crippen LogP contribution in [0.25, 0.3) is 0 Å². The van der Waals surface area contributed by atoms with Crippen LogP contribution in [0.1, 0.15) is 51.4 Å². The van der Waals surface area contributed by atoms with Crippen LogP contribution < -0.4 is 16.0 Å². The molecule has 100 valence electrons. The van der Waals surface area contributed by atoms with Crippen LogP contribution in [0.15, 0.2) is 0 Å². The number of rotatable bonds is 8. The first-order chi connectivity index (χ1) is 8.45. The van der Waals surface area contributed by atoms with Crippen molar-refractivity contribution in [3.8, 4) is 0 Å². The van der Waals surface area contributed by atoms with Gasteiger partial charge in [0, 0.05) is 38.3 Å². The summed E-state index contributed by atoms with van der Waals surface area (Å²) in [6.45, 7) is 4.49. The van der Waals surface area contributed by atoms with E-state index in [-0.39, 0.29) is 0 Å². The third-order valence-electron chi connectivity index (χ3n) is 4.18. The third-order valence-corrected chi connectivity index (χ3v) is 4.18.